The molecule has 3 nitrogen and oxygen atoms in total. The van der Waals surface area contributed by atoms with E-state index < -0.39 is 0 Å². The average molecular weight is 220 g/mol. The Balaban J connectivity index is 2.83. The van der Waals surface area contributed by atoms with Crippen molar-refractivity contribution in [2.24, 2.45) is 5.73 Å². The molecule has 1 unspecified atom stereocenters. The zero-order valence-electron chi connectivity index (χ0n) is 10.2. The molecule has 88 valence electrons. The summed E-state index contributed by atoms with van der Waals surface area (Å²) >= 11 is 0. The van der Waals surface area contributed by atoms with Gasteiger partial charge in [0, 0.05) is 26.4 Å². The van der Waals surface area contributed by atoms with E-state index in [1.165, 1.54) is 11.1 Å². The number of hydrogen-bond acceptors (Lipinski definition) is 2. The first-order valence-electron chi connectivity index (χ1n) is 5.52. The Bertz CT molecular complexity index is 361. The first-order chi connectivity index (χ1) is 7.56. The molecule has 0 fully saturated rings. The van der Waals surface area contributed by atoms with Crippen molar-refractivity contribution in [3.8, 4) is 0 Å². The first kappa shape index (κ1) is 12.7. The molecule has 0 aliphatic heterocycles. The van der Waals surface area contributed by atoms with E-state index in [0.29, 0.717) is 13.0 Å². The number of nitrogens with zero attached hydrogens (tertiary/aromatic N) is 1. The number of amides is 1. The van der Waals surface area contributed by atoms with Crippen LogP contribution in [0, 0.1) is 6.92 Å². The Kier molecular flexibility index (Phi) is 4.50. The van der Waals surface area contributed by atoms with Crippen LogP contribution in [-0.4, -0.2) is 31.4 Å². The van der Waals surface area contributed by atoms with Crippen LogP contribution in [0.3, 0.4) is 0 Å². The molecule has 0 aliphatic carbocycles. The molecule has 0 spiro atoms. The van der Waals surface area contributed by atoms with Gasteiger partial charge in [-0.15, -0.1) is 0 Å². The van der Waals surface area contributed by atoms with Gasteiger partial charge in [-0.05, 0) is 24.6 Å². The summed E-state index contributed by atoms with van der Waals surface area (Å²) in [5.74, 6) is 0.245. The summed E-state index contributed by atoms with van der Waals surface area (Å²) in [6.45, 7) is 2.56. The Hall–Kier alpha value is -1.35. The molecule has 1 rings (SSSR count). The molecule has 3 heteroatoms. The third-order valence-electron chi connectivity index (χ3n) is 2.83. The maximum atomic E-state index is 11.7. The SMILES string of the molecule is Cc1ccccc1C(CN)CC(=O)N(C)C. The molecule has 1 aromatic rings. The summed E-state index contributed by atoms with van der Waals surface area (Å²) < 4.78 is 0. The third-order valence-corrected chi connectivity index (χ3v) is 2.83. The average Bonchev–Trinajstić information content (AvgIpc) is 2.26. The summed E-state index contributed by atoms with van der Waals surface area (Å²) in [6.07, 6.45) is 0.481. The molecule has 0 saturated heterocycles. The molecule has 0 aromatic heterocycles. The second-order valence-corrected chi connectivity index (χ2v) is 4.28. The lowest BCUT2D eigenvalue weighted by molar-refractivity contribution is -0.129. The lowest BCUT2D eigenvalue weighted by atomic mass is 9.92. The van der Waals surface area contributed by atoms with Crippen LogP contribution in [0.1, 0.15) is 23.5 Å². The number of carbonyl (C=O) groups excluding carboxylic acids is 1. The first-order valence-corrected chi connectivity index (χ1v) is 5.52. The number of benzene rings is 1. The smallest absolute Gasteiger partial charge is 0.222 e. The van der Waals surface area contributed by atoms with Crippen LogP contribution in [0.15, 0.2) is 24.3 Å². The molecule has 0 heterocycles. The van der Waals surface area contributed by atoms with Crippen LogP contribution < -0.4 is 5.73 Å². The molecule has 0 bridgehead atoms. The van der Waals surface area contributed by atoms with E-state index in [-0.39, 0.29) is 11.8 Å². The normalized spacial score (nSPS) is 12.2. The van der Waals surface area contributed by atoms with Gasteiger partial charge in [-0.25, -0.2) is 0 Å². The summed E-state index contributed by atoms with van der Waals surface area (Å²) in [5, 5.41) is 0. The van der Waals surface area contributed by atoms with E-state index in [1.54, 1.807) is 19.0 Å². The van der Waals surface area contributed by atoms with Crippen molar-refractivity contribution < 1.29 is 4.79 Å². The van der Waals surface area contributed by atoms with Crippen LogP contribution in [-0.2, 0) is 4.79 Å². The van der Waals surface area contributed by atoms with Gasteiger partial charge in [-0.1, -0.05) is 24.3 Å². The molecule has 0 saturated carbocycles. The summed E-state index contributed by atoms with van der Waals surface area (Å²) in [6, 6.07) is 8.10. The van der Waals surface area contributed by atoms with Gasteiger partial charge in [0.1, 0.15) is 0 Å². The highest BCUT2D eigenvalue weighted by Crippen LogP contribution is 2.22. The van der Waals surface area contributed by atoms with Crippen LogP contribution in [0.5, 0.6) is 0 Å². The Morgan fingerprint density at radius 2 is 2.00 bits per heavy atom. The highest BCUT2D eigenvalue weighted by atomic mass is 16.2. The predicted molar refractivity (Wildman–Crippen MR) is 66.3 cm³/mol. The van der Waals surface area contributed by atoms with Crippen molar-refractivity contribution in [1.29, 1.82) is 0 Å². The van der Waals surface area contributed by atoms with E-state index in [0.717, 1.165) is 0 Å². The second-order valence-electron chi connectivity index (χ2n) is 4.28. The molecular weight excluding hydrogens is 200 g/mol. The van der Waals surface area contributed by atoms with Crippen molar-refractivity contribution in [1.82, 2.24) is 4.90 Å². The van der Waals surface area contributed by atoms with Crippen LogP contribution in [0.2, 0.25) is 0 Å². The number of aryl methyl sites for hydroxylation is 1. The minimum Gasteiger partial charge on any atom is -0.349 e. The van der Waals surface area contributed by atoms with Crippen LogP contribution in [0.25, 0.3) is 0 Å². The lowest BCUT2D eigenvalue weighted by Gasteiger charge is -2.19. The van der Waals surface area contributed by atoms with Gasteiger partial charge in [0.15, 0.2) is 0 Å². The van der Waals surface area contributed by atoms with Crippen molar-refractivity contribution >= 4 is 5.91 Å². The highest BCUT2D eigenvalue weighted by Gasteiger charge is 2.16. The zero-order valence-corrected chi connectivity index (χ0v) is 10.2. The van der Waals surface area contributed by atoms with Crippen molar-refractivity contribution in [2.75, 3.05) is 20.6 Å². The third kappa shape index (κ3) is 3.07. The minimum atomic E-state index is 0.121. The lowest BCUT2D eigenvalue weighted by Crippen LogP contribution is -2.26. The number of hydrogen-bond donors (Lipinski definition) is 1. The van der Waals surface area contributed by atoms with E-state index in [4.69, 9.17) is 5.73 Å². The van der Waals surface area contributed by atoms with Gasteiger partial charge in [0.2, 0.25) is 5.91 Å². The molecule has 1 aromatic carbocycles. The van der Waals surface area contributed by atoms with Gasteiger partial charge in [-0.2, -0.15) is 0 Å². The van der Waals surface area contributed by atoms with E-state index >= 15 is 0 Å². The fourth-order valence-electron chi connectivity index (χ4n) is 1.76. The summed E-state index contributed by atoms with van der Waals surface area (Å²) in [5.41, 5.74) is 8.13. The number of carbonyl (C=O) groups is 1. The van der Waals surface area contributed by atoms with Crippen LogP contribution >= 0.6 is 0 Å². The molecule has 0 aliphatic rings. The standard InChI is InChI=1S/C13H20N2O/c1-10-6-4-5-7-12(10)11(9-14)8-13(16)15(2)3/h4-7,11H,8-9,14H2,1-3H3. The largest absolute Gasteiger partial charge is 0.349 e. The Labute approximate surface area is 97.2 Å². The maximum Gasteiger partial charge on any atom is 0.222 e. The van der Waals surface area contributed by atoms with Gasteiger partial charge in [0.05, 0.1) is 0 Å². The van der Waals surface area contributed by atoms with Gasteiger partial charge >= 0.3 is 0 Å². The van der Waals surface area contributed by atoms with E-state index in [2.05, 4.69) is 19.1 Å². The van der Waals surface area contributed by atoms with Crippen molar-refractivity contribution in [3.63, 3.8) is 0 Å². The number of nitrogens with two attached hydrogens (primary N) is 1. The molecule has 1 amide bonds. The van der Waals surface area contributed by atoms with Crippen LogP contribution in [0.4, 0.5) is 0 Å². The summed E-state index contributed by atoms with van der Waals surface area (Å²) in [7, 11) is 3.54. The summed E-state index contributed by atoms with van der Waals surface area (Å²) in [4.78, 5) is 13.3. The molecule has 2 N–H and O–H groups in total. The minimum absolute atomic E-state index is 0.121. The van der Waals surface area contributed by atoms with Crippen molar-refractivity contribution in [2.45, 2.75) is 19.3 Å². The van der Waals surface area contributed by atoms with E-state index in [1.807, 2.05) is 12.1 Å². The monoisotopic (exact) mass is 220 g/mol. The fraction of sp³-hybridized carbons (Fsp3) is 0.462. The Morgan fingerprint density at radius 1 is 1.38 bits per heavy atom. The second kappa shape index (κ2) is 5.66. The molecule has 0 radical (unpaired) electrons. The maximum absolute atomic E-state index is 11.7. The Morgan fingerprint density at radius 3 is 2.50 bits per heavy atom. The zero-order chi connectivity index (χ0) is 12.1. The van der Waals surface area contributed by atoms with Gasteiger partial charge in [-0.3, -0.25) is 4.79 Å². The van der Waals surface area contributed by atoms with E-state index in [9.17, 15) is 4.79 Å². The number of rotatable bonds is 4. The van der Waals surface area contributed by atoms with Gasteiger partial charge < -0.3 is 10.6 Å². The quantitative estimate of drug-likeness (QED) is 0.836. The molecule has 1 atom stereocenters. The van der Waals surface area contributed by atoms with Crippen molar-refractivity contribution in [3.05, 3.63) is 35.4 Å². The molecular formula is C13H20N2O. The fourth-order valence-corrected chi connectivity index (χ4v) is 1.76. The van der Waals surface area contributed by atoms with Gasteiger partial charge in [0.25, 0.3) is 0 Å². The molecule has 16 heavy (non-hydrogen) atoms. The highest BCUT2D eigenvalue weighted by molar-refractivity contribution is 5.76. The topological polar surface area (TPSA) is 46.3 Å². The predicted octanol–water partition coefficient (Wildman–Crippen LogP) is 1.52.